The molecule has 4 rings (SSSR count). The number of fused-ring (bicyclic) bond motifs is 1. The quantitative estimate of drug-likeness (QED) is 0.324. The molecule has 0 radical (unpaired) electrons. The molecule has 9 nitrogen and oxygen atoms in total. The minimum Gasteiger partial charge on any atom is -0.450 e. The second kappa shape index (κ2) is 8.59. The summed E-state index contributed by atoms with van der Waals surface area (Å²) in [5.74, 6) is -1.18. The van der Waals surface area contributed by atoms with Crippen molar-refractivity contribution < 1.29 is 37.4 Å². The summed E-state index contributed by atoms with van der Waals surface area (Å²) in [4.78, 5) is 41.6. The lowest BCUT2D eigenvalue weighted by Gasteiger charge is -2.43. The van der Waals surface area contributed by atoms with E-state index in [1.165, 1.54) is 40.2 Å². The van der Waals surface area contributed by atoms with E-state index in [4.69, 9.17) is 10.8 Å². The van der Waals surface area contributed by atoms with Crippen LogP contribution in [0, 0.1) is 0 Å². The van der Waals surface area contributed by atoms with Gasteiger partial charge in [0.15, 0.2) is 11.4 Å². The zero-order valence-corrected chi connectivity index (χ0v) is 18.0. The van der Waals surface area contributed by atoms with E-state index in [1.807, 2.05) is 0 Å². The first-order chi connectivity index (χ1) is 15.6. The molecular formula is C19H15F3N4O5S2. The van der Waals surface area contributed by atoms with Crippen LogP contribution in [0.2, 0.25) is 0 Å². The minimum atomic E-state index is -4.65. The highest BCUT2D eigenvalue weighted by Crippen LogP contribution is 2.40. The second-order valence-corrected chi connectivity index (χ2v) is 9.01. The number of nitrogen functional groups attached to an aromatic ring is 1. The molecule has 2 unspecified atom stereocenters. The Labute approximate surface area is 192 Å². The number of hydrogen-bond acceptors (Lipinski definition) is 8. The standard InChI is InChI=1S/C19H15F3N4O5S2/c20-19(21,22)10-4-2-1-3-8(10)5-9(11-6-33-17(23)24-11)14(27)25-13-15(28)26-12(31-18(29)30)7-32-16(13)26/h1-6,12-13,16H,7H2,(H2,23,24)(H,25,27)(H,29,30)/b9-5-/t12?,13?,16-/m0/s1. The molecule has 2 aliphatic rings. The SMILES string of the molecule is Nc1nc(/C(=C/c2ccccc2C(F)(F)F)C(=O)NC2C(=O)N3C(OC(=O)O)CS[C@@H]23)cs1. The maximum Gasteiger partial charge on any atom is 0.507 e. The number of aromatic nitrogens is 1. The Bertz CT molecular complexity index is 1150. The van der Waals surface area contributed by atoms with Crippen molar-refractivity contribution in [3.8, 4) is 0 Å². The molecule has 1 aromatic heterocycles. The average Bonchev–Trinajstić information content (AvgIpc) is 3.33. The van der Waals surface area contributed by atoms with E-state index < -0.39 is 47.4 Å². The van der Waals surface area contributed by atoms with Crippen molar-refractivity contribution in [2.24, 2.45) is 0 Å². The summed E-state index contributed by atoms with van der Waals surface area (Å²) >= 11 is 2.22. The number of ether oxygens (including phenoxy) is 1. The number of halogens is 3. The van der Waals surface area contributed by atoms with Gasteiger partial charge in [0.25, 0.3) is 11.8 Å². The number of thiazole rings is 1. The summed E-state index contributed by atoms with van der Waals surface area (Å²) in [6.45, 7) is 0. The maximum atomic E-state index is 13.4. The van der Waals surface area contributed by atoms with Crippen LogP contribution in [-0.2, 0) is 20.5 Å². The Kier molecular flexibility index (Phi) is 5.97. The number of thioether (sulfide) groups is 1. The van der Waals surface area contributed by atoms with Crippen molar-refractivity contribution in [3.05, 3.63) is 46.5 Å². The minimum absolute atomic E-state index is 0.0572. The lowest BCUT2D eigenvalue weighted by atomic mass is 10.0. The first-order valence-electron chi connectivity index (χ1n) is 9.30. The van der Waals surface area contributed by atoms with Crippen LogP contribution in [0.3, 0.4) is 0 Å². The number of carboxylic acid groups (broad SMARTS) is 1. The molecule has 14 heteroatoms. The highest BCUT2D eigenvalue weighted by molar-refractivity contribution is 8.00. The zero-order chi connectivity index (χ0) is 23.9. The zero-order valence-electron chi connectivity index (χ0n) is 16.4. The Morgan fingerprint density at radius 2 is 2.06 bits per heavy atom. The van der Waals surface area contributed by atoms with Crippen LogP contribution in [0.25, 0.3) is 11.6 Å². The smallest absolute Gasteiger partial charge is 0.450 e. The van der Waals surface area contributed by atoms with Crippen molar-refractivity contribution in [1.82, 2.24) is 15.2 Å². The van der Waals surface area contributed by atoms with Gasteiger partial charge < -0.3 is 20.9 Å². The molecule has 1 aromatic carbocycles. The number of carbonyl (C=O) groups is 3. The van der Waals surface area contributed by atoms with Gasteiger partial charge in [-0.2, -0.15) is 13.2 Å². The van der Waals surface area contributed by atoms with Crippen LogP contribution in [0.15, 0.2) is 29.6 Å². The molecule has 0 bridgehead atoms. The van der Waals surface area contributed by atoms with Crippen molar-refractivity contribution in [1.29, 1.82) is 0 Å². The number of benzene rings is 1. The monoisotopic (exact) mass is 500 g/mol. The largest absolute Gasteiger partial charge is 0.507 e. The Morgan fingerprint density at radius 3 is 2.70 bits per heavy atom. The lowest BCUT2D eigenvalue weighted by molar-refractivity contribution is -0.159. The van der Waals surface area contributed by atoms with Crippen molar-refractivity contribution in [2.45, 2.75) is 23.8 Å². The van der Waals surface area contributed by atoms with E-state index in [1.54, 1.807) is 0 Å². The first-order valence-corrected chi connectivity index (χ1v) is 11.2. The van der Waals surface area contributed by atoms with Crippen molar-refractivity contribution >= 4 is 57.8 Å². The highest BCUT2D eigenvalue weighted by Gasteiger charge is 2.57. The van der Waals surface area contributed by atoms with Crippen LogP contribution in [0.1, 0.15) is 16.8 Å². The van der Waals surface area contributed by atoms with Gasteiger partial charge in [0.05, 0.1) is 22.6 Å². The van der Waals surface area contributed by atoms with E-state index in [-0.39, 0.29) is 27.7 Å². The van der Waals surface area contributed by atoms with E-state index in [0.29, 0.717) is 0 Å². The highest BCUT2D eigenvalue weighted by atomic mass is 32.2. The molecule has 2 aromatic rings. The molecule has 0 spiro atoms. The fourth-order valence-electron chi connectivity index (χ4n) is 3.49. The van der Waals surface area contributed by atoms with Gasteiger partial charge in [-0.05, 0) is 17.7 Å². The molecular weight excluding hydrogens is 485 g/mol. The molecule has 2 amide bonds. The Hall–Kier alpha value is -3.26. The van der Waals surface area contributed by atoms with Gasteiger partial charge in [0.1, 0.15) is 11.4 Å². The molecule has 3 heterocycles. The molecule has 2 saturated heterocycles. The predicted octanol–water partition coefficient (Wildman–Crippen LogP) is 2.71. The van der Waals surface area contributed by atoms with Crippen LogP contribution >= 0.6 is 23.1 Å². The van der Waals surface area contributed by atoms with Gasteiger partial charge in [0.2, 0.25) is 0 Å². The number of nitrogens with zero attached hydrogens (tertiary/aromatic N) is 2. The number of hydrogen-bond donors (Lipinski definition) is 3. The number of anilines is 1. The lowest BCUT2D eigenvalue weighted by Crippen LogP contribution is -2.69. The van der Waals surface area contributed by atoms with E-state index >= 15 is 0 Å². The topological polar surface area (TPSA) is 135 Å². The second-order valence-electron chi connectivity index (χ2n) is 6.97. The molecule has 174 valence electrons. The maximum absolute atomic E-state index is 13.4. The third-order valence-electron chi connectivity index (χ3n) is 4.93. The normalized spacial score (nSPS) is 22.5. The fraction of sp³-hybridized carbons (Fsp3) is 0.263. The Morgan fingerprint density at radius 1 is 1.33 bits per heavy atom. The van der Waals surface area contributed by atoms with Crippen molar-refractivity contribution in [3.63, 3.8) is 0 Å². The summed E-state index contributed by atoms with van der Waals surface area (Å²) in [5, 5.41) is 12.3. The van der Waals surface area contributed by atoms with Gasteiger partial charge in [0, 0.05) is 5.38 Å². The van der Waals surface area contributed by atoms with Gasteiger partial charge in [-0.25, -0.2) is 9.78 Å². The number of nitrogens with two attached hydrogens (primary N) is 1. The number of β-lactam (4-membered cyclic amide) rings is 1. The molecule has 2 fully saturated rings. The summed E-state index contributed by atoms with van der Waals surface area (Å²) in [7, 11) is 0. The predicted molar refractivity (Wildman–Crippen MR) is 114 cm³/mol. The van der Waals surface area contributed by atoms with Gasteiger partial charge in [-0.3, -0.25) is 14.5 Å². The number of alkyl halides is 3. The summed E-state index contributed by atoms with van der Waals surface area (Å²) < 4.78 is 45.0. The molecule has 4 N–H and O–H groups in total. The van der Waals surface area contributed by atoms with Crippen molar-refractivity contribution in [2.75, 3.05) is 11.5 Å². The first kappa shape index (κ1) is 22.9. The van der Waals surface area contributed by atoms with E-state index in [2.05, 4.69) is 15.0 Å². The number of amides is 2. The van der Waals surface area contributed by atoms with Crippen LogP contribution < -0.4 is 11.1 Å². The van der Waals surface area contributed by atoms with Gasteiger partial charge in [-0.15, -0.1) is 23.1 Å². The third kappa shape index (κ3) is 4.48. The summed E-state index contributed by atoms with van der Waals surface area (Å²) in [5.41, 5.74) is 4.30. The number of carbonyl (C=O) groups excluding carboxylic acids is 2. The van der Waals surface area contributed by atoms with Gasteiger partial charge in [-0.1, -0.05) is 18.2 Å². The van der Waals surface area contributed by atoms with Crippen LogP contribution in [0.5, 0.6) is 0 Å². The van der Waals surface area contributed by atoms with Crippen LogP contribution in [-0.4, -0.2) is 56.4 Å². The van der Waals surface area contributed by atoms with Crippen LogP contribution in [0.4, 0.5) is 23.1 Å². The molecule has 0 aliphatic carbocycles. The average molecular weight is 500 g/mol. The molecule has 0 saturated carbocycles. The third-order valence-corrected chi connectivity index (χ3v) is 6.92. The summed E-state index contributed by atoms with van der Waals surface area (Å²) in [6.07, 6.45) is -6.10. The van der Waals surface area contributed by atoms with E-state index in [9.17, 15) is 27.6 Å². The fourth-order valence-corrected chi connectivity index (χ4v) is 5.42. The molecule has 3 atom stereocenters. The van der Waals surface area contributed by atoms with E-state index in [0.717, 1.165) is 23.5 Å². The van der Waals surface area contributed by atoms with Gasteiger partial charge >= 0.3 is 12.3 Å². The number of rotatable bonds is 5. The number of nitrogens with one attached hydrogen (secondary N) is 1. The molecule has 33 heavy (non-hydrogen) atoms. The summed E-state index contributed by atoms with van der Waals surface area (Å²) in [6, 6.07) is 3.74. The Balaban J connectivity index is 1.61. The molecule has 2 aliphatic heterocycles.